The van der Waals surface area contributed by atoms with Gasteiger partial charge in [-0.15, -0.1) is 0 Å². The quantitative estimate of drug-likeness (QED) is 0.522. The molecule has 0 radical (unpaired) electrons. The molecule has 1 aliphatic heterocycles. The first-order valence-electron chi connectivity index (χ1n) is 11.5. The number of rotatable bonds is 6. The van der Waals surface area contributed by atoms with Crippen LogP contribution in [0.5, 0.6) is 0 Å². The van der Waals surface area contributed by atoms with E-state index in [4.69, 9.17) is 9.47 Å². The summed E-state index contributed by atoms with van der Waals surface area (Å²) in [5.74, 6) is -0.000658. The van der Waals surface area contributed by atoms with E-state index in [9.17, 15) is 14.9 Å². The second-order valence-electron chi connectivity index (χ2n) is 8.33. The minimum absolute atomic E-state index is 0.0329. The van der Waals surface area contributed by atoms with Crippen molar-refractivity contribution in [3.8, 4) is 11.8 Å². The molecule has 0 bridgehead atoms. The summed E-state index contributed by atoms with van der Waals surface area (Å²) in [7, 11) is 0. The molecule has 1 aromatic heterocycles. The van der Waals surface area contributed by atoms with Crippen molar-refractivity contribution in [2.75, 3.05) is 23.3 Å². The van der Waals surface area contributed by atoms with E-state index in [-0.39, 0.29) is 23.5 Å². The molecule has 1 unspecified atom stereocenters. The van der Waals surface area contributed by atoms with Gasteiger partial charge in [0, 0.05) is 38.5 Å². The molecule has 0 saturated carbocycles. The van der Waals surface area contributed by atoms with Gasteiger partial charge in [-0.2, -0.15) is 10.4 Å². The lowest BCUT2D eigenvalue weighted by molar-refractivity contribution is -0.147. The van der Waals surface area contributed by atoms with E-state index in [1.54, 1.807) is 6.92 Å². The van der Waals surface area contributed by atoms with E-state index >= 15 is 0 Å². The van der Waals surface area contributed by atoms with Gasteiger partial charge in [-0.3, -0.25) is 10.1 Å². The maximum Gasteiger partial charge on any atom is 0.413 e. The SMILES string of the molecule is CC(=O)OC1CCN(c2ccc(-n3ncc(C#N)c3NC(=O)OC(C)c3ccccc3)cc2)CC1. The zero-order valence-corrected chi connectivity index (χ0v) is 19.7. The monoisotopic (exact) mass is 473 g/mol. The Morgan fingerprint density at radius 1 is 1.09 bits per heavy atom. The Kier molecular flexibility index (Phi) is 7.31. The molecule has 1 fully saturated rings. The van der Waals surface area contributed by atoms with Crippen molar-refractivity contribution in [1.82, 2.24) is 9.78 Å². The maximum atomic E-state index is 12.6. The number of carbonyl (C=O) groups excluding carboxylic acids is 2. The molecule has 35 heavy (non-hydrogen) atoms. The van der Waals surface area contributed by atoms with E-state index in [2.05, 4.69) is 21.4 Å². The average Bonchev–Trinajstić information content (AvgIpc) is 3.27. The second kappa shape index (κ2) is 10.7. The fourth-order valence-electron chi connectivity index (χ4n) is 4.10. The Hall–Kier alpha value is -4.32. The molecule has 4 rings (SSSR count). The Bertz CT molecular complexity index is 1210. The van der Waals surface area contributed by atoms with Gasteiger partial charge in [0.05, 0.1) is 11.9 Å². The molecule has 1 saturated heterocycles. The highest BCUT2D eigenvalue weighted by molar-refractivity contribution is 5.86. The van der Waals surface area contributed by atoms with Crippen LogP contribution in [0.4, 0.5) is 16.3 Å². The zero-order valence-electron chi connectivity index (χ0n) is 19.7. The summed E-state index contributed by atoms with van der Waals surface area (Å²) in [5, 5.41) is 16.5. The van der Waals surface area contributed by atoms with Crippen LogP contribution in [-0.4, -0.2) is 41.0 Å². The summed E-state index contributed by atoms with van der Waals surface area (Å²) >= 11 is 0. The fourth-order valence-corrected chi connectivity index (χ4v) is 4.10. The summed E-state index contributed by atoms with van der Waals surface area (Å²) in [4.78, 5) is 26.0. The number of hydrogen-bond acceptors (Lipinski definition) is 7. The summed E-state index contributed by atoms with van der Waals surface area (Å²) in [5.41, 5.74) is 2.82. The third kappa shape index (κ3) is 5.79. The maximum absolute atomic E-state index is 12.6. The number of piperidine rings is 1. The van der Waals surface area contributed by atoms with E-state index in [0.29, 0.717) is 5.69 Å². The number of benzene rings is 2. The highest BCUT2D eigenvalue weighted by Crippen LogP contribution is 2.26. The molecule has 1 N–H and O–H groups in total. The Balaban J connectivity index is 1.44. The predicted octanol–water partition coefficient (Wildman–Crippen LogP) is 4.59. The van der Waals surface area contributed by atoms with Crippen LogP contribution in [0.1, 0.15) is 43.9 Å². The summed E-state index contributed by atoms with van der Waals surface area (Å²) in [6.45, 7) is 4.79. The largest absolute Gasteiger partial charge is 0.462 e. The lowest BCUT2D eigenvalue weighted by Crippen LogP contribution is -2.37. The number of hydrogen-bond donors (Lipinski definition) is 1. The van der Waals surface area contributed by atoms with Gasteiger partial charge >= 0.3 is 12.1 Å². The average molecular weight is 474 g/mol. The molecule has 180 valence electrons. The van der Waals surface area contributed by atoms with Crippen LogP contribution >= 0.6 is 0 Å². The molecule has 1 amide bonds. The molecular formula is C26H27N5O4. The van der Waals surface area contributed by atoms with Gasteiger partial charge in [0.25, 0.3) is 0 Å². The Labute approximate surface area is 203 Å². The van der Waals surface area contributed by atoms with Gasteiger partial charge in [-0.05, 0) is 36.8 Å². The minimum atomic E-state index is -0.674. The van der Waals surface area contributed by atoms with Gasteiger partial charge < -0.3 is 14.4 Å². The molecule has 1 aliphatic rings. The minimum Gasteiger partial charge on any atom is -0.462 e. The van der Waals surface area contributed by atoms with Crippen molar-refractivity contribution in [2.45, 2.75) is 38.9 Å². The van der Waals surface area contributed by atoms with Crippen LogP contribution in [0.15, 0.2) is 60.8 Å². The number of aromatic nitrogens is 2. The van der Waals surface area contributed by atoms with Gasteiger partial charge in [0.15, 0.2) is 5.82 Å². The molecule has 9 nitrogen and oxygen atoms in total. The fraction of sp³-hybridized carbons (Fsp3) is 0.308. The van der Waals surface area contributed by atoms with E-state index in [0.717, 1.165) is 37.2 Å². The highest BCUT2D eigenvalue weighted by atomic mass is 16.6. The molecule has 1 atom stereocenters. The normalized spacial score (nSPS) is 14.6. The number of anilines is 2. The molecule has 2 heterocycles. The number of esters is 1. The summed E-state index contributed by atoms with van der Waals surface area (Å²) in [6.07, 6.45) is 1.81. The Morgan fingerprint density at radius 2 is 1.74 bits per heavy atom. The smallest absolute Gasteiger partial charge is 0.413 e. The first kappa shape index (κ1) is 23.8. The molecule has 9 heteroatoms. The van der Waals surface area contributed by atoms with Gasteiger partial charge in [-0.1, -0.05) is 30.3 Å². The number of amides is 1. The summed E-state index contributed by atoms with van der Waals surface area (Å²) in [6, 6.07) is 19.2. The first-order valence-corrected chi connectivity index (χ1v) is 11.5. The van der Waals surface area contributed by atoms with Crippen molar-refractivity contribution in [1.29, 1.82) is 5.26 Å². The number of nitrogens with one attached hydrogen (secondary N) is 1. The number of carbonyl (C=O) groups is 2. The van der Waals surface area contributed by atoms with E-state index < -0.39 is 12.2 Å². The zero-order chi connectivity index (χ0) is 24.8. The third-order valence-corrected chi connectivity index (χ3v) is 5.90. The van der Waals surface area contributed by atoms with E-state index in [1.165, 1.54) is 17.8 Å². The molecule has 0 aliphatic carbocycles. The van der Waals surface area contributed by atoms with Crippen LogP contribution in [0.2, 0.25) is 0 Å². The lowest BCUT2D eigenvalue weighted by Gasteiger charge is -2.33. The number of ether oxygens (including phenoxy) is 2. The molecular weight excluding hydrogens is 446 g/mol. The van der Waals surface area contributed by atoms with Crippen molar-refractivity contribution in [2.24, 2.45) is 0 Å². The topological polar surface area (TPSA) is 109 Å². The van der Waals surface area contributed by atoms with Crippen LogP contribution < -0.4 is 10.2 Å². The van der Waals surface area contributed by atoms with E-state index in [1.807, 2.05) is 54.6 Å². The molecule has 0 spiro atoms. The second-order valence-corrected chi connectivity index (χ2v) is 8.33. The van der Waals surface area contributed by atoms with Gasteiger partial charge in [0.2, 0.25) is 0 Å². The van der Waals surface area contributed by atoms with Crippen molar-refractivity contribution in [3.05, 3.63) is 71.9 Å². The van der Waals surface area contributed by atoms with Crippen LogP contribution in [0.3, 0.4) is 0 Å². The van der Waals surface area contributed by atoms with Crippen LogP contribution in [-0.2, 0) is 14.3 Å². The first-order chi connectivity index (χ1) is 16.9. The van der Waals surface area contributed by atoms with Crippen molar-refractivity contribution < 1.29 is 19.1 Å². The van der Waals surface area contributed by atoms with Gasteiger partial charge in [-0.25, -0.2) is 9.48 Å². The number of nitriles is 1. The van der Waals surface area contributed by atoms with Crippen molar-refractivity contribution >= 4 is 23.6 Å². The standard InChI is InChI=1S/C26H27N5O4/c1-18(20-6-4-3-5-7-20)34-26(33)29-25-21(16-27)17-28-31(25)23-10-8-22(9-11-23)30-14-12-24(13-15-30)35-19(2)32/h3-11,17-18,24H,12-15H2,1-2H3,(H,29,33). The number of nitrogens with zero attached hydrogens (tertiary/aromatic N) is 4. The van der Waals surface area contributed by atoms with Crippen molar-refractivity contribution in [3.63, 3.8) is 0 Å². The summed E-state index contributed by atoms with van der Waals surface area (Å²) < 4.78 is 12.3. The molecule has 2 aromatic carbocycles. The molecule has 3 aromatic rings. The lowest BCUT2D eigenvalue weighted by atomic mass is 10.1. The highest BCUT2D eigenvalue weighted by Gasteiger charge is 2.22. The Morgan fingerprint density at radius 3 is 2.37 bits per heavy atom. The third-order valence-electron chi connectivity index (χ3n) is 5.90. The van der Waals surface area contributed by atoms with Crippen LogP contribution in [0, 0.1) is 11.3 Å². The predicted molar refractivity (Wildman–Crippen MR) is 130 cm³/mol. The van der Waals surface area contributed by atoms with Gasteiger partial charge in [0.1, 0.15) is 23.8 Å². The van der Waals surface area contributed by atoms with Crippen LogP contribution in [0.25, 0.3) is 5.69 Å².